The zero-order valence-corrected chi connectivity index (χ0v) is 13.5. The third kappa shape index (κ3) is 3.55. The first kappa shape index (κ1) is 15.4. The van der Waals surface area contributed by atoms with Gasteiger partial charge in [0.25, 0.3) is 5.91 Å². The Labute approximate surface area is 129 Å². The topological polar surface area (TPSA) is 58.4 Å². The number of thiophene rings is 1. The molecular formula is C16H21N3OS. The van der Waals surface area contributed by atoms with Crippen LogP contribution in [0.25, 0.3) is 0 Å². The summed E-state index contributed by atoms with van der Waals surface area (Å²) in [5, 5.41) is 5.44. The first-order valence-electron chi connectivity index (χ1n) is 6.93. The molecule has 0 aliphatic carbocycles. The van der Waals surface area contributed by atoms with Crippen molar-refractivity contribution in [1.82, 2.24) is 4.90 Å². The standard InChI is InChI=1S/C16H21N3OS/c1-4-11-7-8-21-15(11)10-18-14-9-12(5-6-13(14)17)16(20)19(2)3/h5-9,18H,4,10,17H2,1-3H3. The molecule has 1 aromatic heterocycles. The van der Waals surface area contributed by atoms with Crippen LogP contribution >= 0.6 is 11.3 Å². The van der Waals surface area contributed by atoms with Crippen molar-refractivity contribution in [3.05, 3.63) is 45.6 Å². The first-order valence-corrected chi connectivity index (χ1v) is 7.81. The van der Waals surface area contributed by atoms with Crippen molar-refractivity contribution in [2.45, 2.75) is 19.9 Å². The molecule has 1 amide bonds. The molecule has 0 saturated carbocycles. The number of hydrogen-bond acceptors (Lipinski definition) is 4. The fourth-order valence-corrected chi connectivity index (χ4v) is 3.03. The van der Waals surface area contributed by atoms with E-state index in [1.54, 1.807) is 42.5 Å². The van der Waals surface area contributed by atoms with Crippen LogP contribution in [0.2, 0.25) is 0 Å². The molecule has 0 spiro atoms. The predicted molar refractivity (Wildman–Crippen MR) is 89.9 cm³/mol. The number of aryl methyl sites for hydroxylation is 1. The second-order valence-corrected chi connectivity index (χ2v) is 6.08. The maximum absolute atomic E-state index is 12.0. The van der Waals surface area contributed by atoms with E-state index in [2.05, 4.69) is 23.7 Å². The van der Waals surface area contributed by atoms with Gasteiger partial charge in [-0.25, -0.2) is 0 Å². The van der Waals surface area contributed by atoms with E-state index in [1.807, 2.05) is 6.07 Å². The number of carbonyl (C=O) groups is 1. The molecule has 1 heterocycles. The summed E-state index contributed by atoms with van der Waals surface area (Å²) in [7, 11) is 3.48. The Kier molecular flexibility index (Phi) is 4.85. The first-order chi connectivity index (χ1) is 10.0. The van der Waals surface area contributed by atoms with Crippen LogP contribution < -0.4 is 11.1 Å². The van der Waals surface area contributed by atoms with Crippen LogP contribution in [-0.4, -0.2) is 24.9 Å². The lowest BCUT2D eigenvalue weighted by molar-refractivity contribution is 0.0827. The van der Waals surface area contributed by atoms with Gasteiger partial charge in [0, 0.05) is 31.1 Å². The van der Waals surface area contributed by atoms with Crippen LogP contribution in [0.5, 0.6) is 0 Å². The number of rotatable bonds is 5. The molecule has 0 aliphatic rings. The maximum Gasteiger partial charge on any atom is 0.253 e. The normalized spacial score (nSPS) is 10.4. The van der Waals surface area contributed by atoms with Gasteiger partial charge in [-0.05, 0) is 41.6 Å². The van der Waals surface area contributed by atoms with Crippen molar-refractivity contribution in [3.8, 4) is 0 Å². The summed E-state index contributed by atoms with van der Waals surface area (Å²) in [5.74, 6) is -0.0246. The van der Waals surface area contributed by atoms with Crippen molar-refractivity contribution < 1.29 is 4.79 Å². The molecule has 0 radical (unpaired) electrons. The van der Waals surface area contributed by atoms with Gasteiger partial charge < -0.3 is 16.0 Å². The van der Waals surface area contributed by atoms with Gasteiger partial charge in [-0.1, -0.05) is 6.92 Å². The third-order valence-corrected chi connectivity index (χ3v) is 4.33. The van der Waals surface area contributed by atoms with Crippen molar-refractivity contribution in [3.63, 3.8) is 0 Å². The van der Waals surface area contributed by atoms with Gasteiger partial charge >= 0.3 is 0 Å². The van der Waals surface area contributed by atoms with Crippen molar-refractivity contribution in [2.24, 2.45) is 0 Å². The number of nitrogens with two attached hydrogens (primary N) is 1. The molecule has 5 heteroatoms. The quantitative estimate of drug-likeness (QED) is 0.834. The van der Waals surface area contributed by atoms with Gasteiger partial charge in [-0.15, -0.1) is 11.3 Å². The van der Waals surface area contributed by atoms with Gasteiger partial charge in [0.05, 0.1) is 11.4 Å². The van der Waals surface area contributed by atoms with E-state index in [0.717, 1.165) is 18.7 Å². The van der Waals surface area contributed by atoms with Crippen LogP contribution in [-0.2, 0) is 13.0 Å². The van der Waals surface area contributed by atoms with Gasteiger partial charge in [0.2, 0.25) is 0 Å². The predicted octanol–water partition coefficient (Wildman–Crippen LogP) is 3.21. The summed E-state index contributed by atoms with van der Waals surface area (Å²) >= 11 is 1.74. The van der Waals surface area contributed by atoms with Gasteiger partial charge in [-0.2, -0.15) is 0 Å². The second-order valence-electron chi connectivity index (χ2n) is 5.08. The summed E-state index contributed by atoms with van der Waals surface area (Å²) in [5.41, 5.74) is 9.44. The molecule has 0 atom stereocenters. The highest BCUT2D eigenvalue weighted by Gasteiger charge is 2.10. The van der Waals surface area contributed by atoms with Crippen LogP contribution in [0.15, 0.2) is 29.6 Å². The van der Waals surface area contributed by atoms with Gasteiger partial charge in [0.15, 0.2) is 0 Å². The number of benzene rings is 1. The number of nitrogens with zero attached hydrogens (tertiary/aromatic N) is 1. The molecule has 0 bridgehead atoms. The van der Waals surface area contributed by atoms with Crippen LogP contribution in [0.3, 0.4) is 0 Å². The highest BCUT2D eigenvalue weighted by molar-refractivity contribution is 7.10. The van der Waals surface area contributed by atoms with E-state index in [0.29, 0.717) is 11.3 Å². The lowest BCUT2D eigenvalue weighted by Gasteiger charge is -2.14. The summed E-state index contributed by atoms with van der Waals surface area (Å²) in [6.07, 6.45) is 1.02. The largest absolute Gasteiger partial charge is 0.397 e. The lowest BCUT2D eigenvalue weighted by Crippen LogP contribution is -2.21. The third-order valence-electron chi connectivity index (χ3n) is 3.36. The van der Waals surface area contributed by atoms with E-state index >= 15 is 0 Å². The summed E-state index contributed by atoms with van der Waals surface area (Å²) in [4.78, 5) is 14.9. The highest BCUT2D eigenvalue weighted by atomic mass is 32.1. The Bertz CT molecular complexity index is 634. The Balaban J connectivity index is 2.16. The van der Waals surface area contributed by atoms with E-state index < -0.39 is 0 Å². The zero-order chi connectivity index (χ0) is 15.4. The fraction of sp³-hybridized carbons (Fsp3) is 0.312. The molecule has 112 valence electrons. The molecule has 4 nitrogen and oxygen atoms in total. The number of hydrogen-bond donors (Lipinski definition) is 2. The molecule has 3 N–H and O–H groups in total. The molecule has 0 aliphatic heterocycles. The number of nitrogens with one attached hydrogen (secondary N) is 1. The van der Waals surface area contributed by atoms with Crippen molar-refractivity contribution in [2.75, 3.05) is 25.1 Å². The maximum atomic E-state index is 12.0. The molecular weight excluding hydrogens is 282 g/mol. The summed E-state index contributed by atoms with van der Waals surface area (Å²) in [6.45, 7) is 2.88. The minimum atomic E-state index is -0.0246. The van der Waals surface area contributed by atoms with Gasteiger partial charge in [-0.3, -0.25) is 4.79 Å². The summed E-state index contributed by atoms with van der Waals surface area (Å²) < 4.78 is 0. The molecule has 0 fully saturated rings. The minimum absolute atomic E-state index is 0.0246. The molecule has 0 unspecified atom stereocenters. The average Bonchev–Trinajstić information content (AvgIpc) is 2.93. The molecule has 0 saturated heterocycles. The minimum Gasteiger partial charge on any atom is -0.397 e. The molecule has 1 aromatic carbocycles. The number of nitrogen functional groups attached to an aromatic ring is 1. The van der Waals surface area contributed by atoms with Gasteiger partial charge in [0.1, 0.15) is 0 Å². The van der Waals surface area contributed by atoms with E-state index in [9.17, 15) is 4.79 Å². The number of amides is 1. The SMILES string of the molecule is CCc1ccsc1CNc1cc(C(=O)N(C)C)ccc1N. The number of carbonyl (C=O) groups excluding carboxylic acids is 1. The van der Waals surface area contributed by atoms with Crippen LogP contribution in [0.1, 0.15) is 27.7 Å². The Morgan fingerprint density at radius 1 is 1.33 bits per heavy atom. The van der Waals surface area contributed by atoms with E-state index in [-0.39, 0.29) is 5.91 Å². The second kappa shape index (κ2) is 6.63. The Morgan fingerprint density at radius 3 is 2.76 bits per heavy atom. The number of anilines is 2. The fourth-order valence-electron chi connectivity index (χ4n) is 2.11. The lowest BCUT2D eigenvalue weighted by atomic mass is 10.1. The van der Waals surface area contributed by atoms with Crippen molar-refractivity contribution >= 4 is 28.6 Å². The summed E-state index contributed by atoms with van der Waals surface area (Å²) in [6, 6.07) is 7.49. The molecule has 21 heavy (non-hydrogen) atoms. The van der Waals surface area contributed by atoms with Crippen LogP contribution in [0, 0.1) is 0 Å². The van der Waals surface area contributed by atoms with Crippen LogP contribution in [0.4, 0.5) is 11.4 Å². The molecule has 2 rings (SSSR count). The van der Waals surface area contributed by atoms with E-state index in [1.165, 1.54) is 10.4 Å². The average molecular weight is 303 g/mol. The van der Waals surface area contributed by atoms with Crippen molar-refractivity contribution in [1.29, 1.82) is 0 Å². The highest BCUT2D eigenvalue weighted by Crippen LogP contribution is 2.24. The Morgan fingerprint density at radius 2 is 2.10 bits per heavy atom. The zero-order valence-electron chi connectivity index (χ0n) is 12.6. The molecule has 2 aromatic rings. The monoisotopic (exact) mass is 303 g/mol. The smallest absolute Gasteiger partial charge is 0.253 e. The Hall–Kier alpha value is -2.01. The van der Waals surface area contributed by atoms with E-state index in [4.69, 9.17) is 5.73 Å².